The first-order valence-corrected chi connectivity index (χ1v) is 10.3. The molecule has 0 saturated heterocycles. The zero-order valence-electron chi connectivity index (χ0n) is 15.9. The quantitative estimate of drug-likeness (QED) is 0.483. The first-order chi connectivity index (χ1) is 14.2. The second-order valence-corrected chi connectivity index (χ2v) is 8.57. The van der Waals surface area contributed by atoms with Crippen LogP contribution in [0.1, 0.15) is 23.3 Å². The molecule has 1 N–H and O–H groups in total. The molecule has 144 valence electrons. The molecule has 0 bridgehead atoms. The van der Waals surface area contributed by atoms with E-state index in [0.29, 0.717) is 17.4 Å². The van der Waals surface area contributed by atoms with Crippen molar-refractivity contribution in [1.29, 1.82) is 0 Å². The Hall–Kier alpha value is -3.25. The minimum absolute atomic E-state index is 0.00442. The fourth-order valence-electron chi connectivity index (χ4n) is 3.54. The molecule has 2 aromatic heterocycles. The van der Waals surface area contributed by atoms with Crippen LogP contribution in [0.3, 0.4) is 0 Å². The maximum absolute atomic E-state index is 13.1. The first-order valence-electron chi connectivity index (χ1n) is 9.53. The van der Waals surface area contributed by atoms with Crippen molar-refractivity contribution in [3.63, 3.8) is 0 Å². The second kappa shape index (κ2) is 6.97. The van der Waals surface area contributed by atoms with E-state index >= 15 is 0 Å². The standard InChI is InChI=1S/C23H19N3O2S/c1-15-11-12-19(29-15)20-25-21(28-26-20)17-9-5-6-10-18(17)24-22(27)23(13-14-23)16-7-3-2-4-8-16/h2-12H,13-14H2,1H3,(H,24,27). The lowest BCUT2D eigenvalue weighted by Gasteiger charge is -2.16. The fraction of sp³-hybridized carbons (Fsp3) is 0.174. The van der Waals surface area contributed by atoms with Gasteiger partial charge in [-0.1, -0.05) is 47.6 Å². The Morgan fingerprint density at radius 3 is 2.52 bits per heavy atom. The number of aromatic nitrogens is 2. The molecule has 0 spiro atoms. The maximum Gasteiger partial charge on any atom is 0.260 e. The molecule has 6 heteroatoms. The van der Waals surface area contributed by atoms with E-state index in [1.54, 1.807) is 11.3 Å². The van der Waals surface area contributed by atoms with Crippen LogP contribution in [0.2, 0.25) is 0 Å². The summed E-state index contributed by atoms with van der Waals surface area (Å²) in [7, 11) is 0. The van der Waals surface area contributed by atoms with Gasteiger partial charge in [-0.05, 0) is 49.6 Å². The van der Waals surface area contributed by atoms with Crippen molar-refractivity contribution in [3.05, 3.63) is 77.2 Å². The van der Waals surface area contributed by atoms with E-state index in [2.05, 4.69) is 15.5 Å². The van der Waals surface area contributed by atoms with E-state index < -0.39 is 5.41 Å². The Labute approximate surface area is 172 Å². The van der Waals surface area contributed by atoms with Crippen LogP contribution in [0.5, 0.6) is 0 Å². The number of carbonyl (C=O) groups is 1. The van der Waals surface area contributed by atoms with Crippen molar-refractivity contribution in [1.82, 2.24) is 10.1 Å². The summed E-state index contributed by atoms with van der Waals surface area (Å²) in [5, 5.41) is 7.22. The van der Waals surface area contributed by atoms with Crippen molar-refractivity contribution in [2.24, 2.45) is 0 Å². The molecule has 1 amide bonds. The van der Waals surface area contributed by atoms with Crippen molar-refractivity contribution in [2.75, 3.05) is 5.32 Å². The number of aryl methyl sites for hydroxylation is 1. The molecule has 4 aromatic rings. The van der Waals surface area contributed by atoms with Gasteiger partial charge in [0, 0.05) is 4.88 Å². The Morgan fingerprint density at radius 2 is 1.79 bits per heavy atom. The molecule has 1 aliphatic carbocycles. The molecular weight excluding hydrogens is 382 g/mol. The maximum atomic E-state index is 13.1. The number of nitrogens with one attached hydrogen (secondary N) is 1. The van der Waals surface area contributed by atoms with E-state index in [0.717, 1.165) is 28.8 Å². The average molecular weight is 401 g/mol. The minimum atomic E-state index is -0.442. The Balaban J connectivity index is 1.44. The fourth-order valence-corrected chi connectivity index (χ4v) is 4.33. The summed E-state index contributed by atoms with van der Waals surface area (Å²) < 4.78 is 5.52. The lowest BCUT2D eigenvalue weighted by molar-refractivity contribution is -0.118. The first kappa shape index (κ1) is 17.8. The third-order valence-electron chi connectivity index (χ3n) is 5.30. The molecule has 5 rings (SSSR count). The third kappa shape index (κ3) is 3.25. The van der Waals surface area contributed by atoms with Crippen molar-refractivity contribution in [2.45, 2.75) is 25.2 Å². The van der Waals surface area contributed by atoms with Gasteiger partial charge in [-0.15, -0.1) is 11.3 Å². The Kier molecular flexibility index (Phi) is 4.28. The third-order valence-corrected chi connectivity index (χ3v) is 6.30. The van der Waals surface area contributed by atoms with Gasteiger partial charge in [0.15, 0.2) is 0 Å². The lowest BCUT2D eigenvalue weighted by atomic mass is 9.95. The average Bonchev–Trinajstić information content (AvgIpc) is 3.22. The summed E-state index contributed by atoms with van der Waals surface area (Å²) in [5.74, 6) is 0.957. The van der Waals surface area contributed by atoms with Gasteiger partial charge < -0.3 is 9.84 Å². The van der Waals surface area contributed by atoms with Crippen LogP contribution in [0.4, 0.5) is 5.69 Å². The van der Waals surface area contributed by atoms with Crippen LogP contribution in [-0.2, 0) is 10.2 Å². The molecule has 5 nitrogen and oxygen atoms in total. The minimum Gasteiger partial charge on any atom is -0.334 e. The molecule has 1 saturated carbocycles. The van der Waals surface area contributed by atoms with Gasteiger partial charge in [0.05, 0.1) is 21.5 Å². The molecule has 2 aromatic carbocycles. The summed E-state index contributed by atoms with van der Waals surface area (Å²) in [6.07, 6.45) is 1.71. The number of hydrogen-bond acceptors (Lipinski definition) is 5. The molecule has 1 fully saturated rings. The van der Waals surface area contributed by atoms with Gasteiger partial charge in [-0.2, -0.15) is 4.98 Å². The molecule has 0 aliphatic heterocycles. The largest absolute Gasteiger partial charge is 0.334 e. The number of carbonyl (C=O) groups excluding carboxylic acids is 1. The SMILES string of the molecule is Cc1ccc(-c2noc(-c3ccccc3NC(=O)C3(c4ccccc4)CC3)n2)s1. The van der Waals surface area contributed by atoms with E-state index in [1.807, 2.05) is 73.7 Å². The number of amides is 1. The number of anilines is 1. The van der Waals surface area contributed by atoms with Gasteiger partial charge in [0.1, 0.15) is 0 Å². The molecule has 1 aliphatic rings. The van der Waals surface area contributed by atoms with Crippen molar-refractivity contribution in [3.8, 4) is 22.2 Å². The van der Waals surface area contributed by atoms with E-state index in [9.17, 15) is 4.79 Å². The predicted octanol–water partition coefficient (Wildman–Crippen LogP) is 5.44. The summed E-state index contributed by atoms with van der Waals surface area (Å²) in [6.45, 7) is 2.04. The Morgan fingerprint density at radius 1 is 1.03 bits per heavy atom. The number of rotatable bonds is 5. The predicted molar refractivity (Wildman–Crippen MR) is 114 cm³/mol. The van der Waals surface area contributed by atoms with Gasteiger partial charge >= 0.3 is 0 Å². The zero-order valence-corrected chi connectivity index (χ0v) is 16.7. The smallest absolute Gasteiger partial charge is 0.260 e. The monoisotopic (exact) mass is 401 g/mol. The van der Waals surface area contributed by atoms with Crippen LogP contribution in [-0.4, -0.2) is 16.0 Å². The number of thiophene rings is 1. The van der Waals surface area contributed by atoms with Crippen LogP contribution >= 0.6 is 11.3 Å². The second-order valence-electron chi connectivity index (χ2n) is 7.28. The number of benzene rings is 2. The van der Waals surface area contributed by atoms with Gasteiger partial charge in [0.2, 0.25) is 11.7 Å². The van der Waals surface area contributed by atoms with Crippen LogP contribution in [0, 0.1) is 6.92 Å². The number of nitrogens with zero attached hydrogens (tertiary/aromatic N) is 2. The number of para-hydroxylation sites is 1. The zero-order chi connectivity index (χ0) is 19.8. The Bertz CT molecular complexity index is 1180. The molecular formula is C23H19N3O2S. The van der Waals surface area contributed by atoms with Crippen LogP contribution in [0.15, 0.2) is 71.3 Å². The summed E-state index contributed by atoms with van der Waals surface area (Å²) in [4.78, 5) is 19.8. The molecule has 0 atom stereocenters. The highest BCUT2D eigenvalue weighted by molar-refractivity contribution is 7.15. The molecule has 0 radical (unpaired) electrons. The van der Waals surface area contributed by atoms with Gasteiger partial charge in [-0.25, -0.2) is 0 Å². The van der Waals surface area contributed by atoms with E-state index in [1.165, 1.54) is 4.88 Å². The molecule has 29 heavy (non-hydrogen) atoms. The normalized spacial score (nSPS) is 14.5. The lowest BCUT2D eigenvalue weighted by Crippen LogP contribution is -2.28. The van der Waals surface area contributed by atoms with E-state index in [-0.39, 0.29) is 5.91 Å². The van der Waals surface area contributed by atoms with Crippen LogP contribution < -0.4 is 5.32 Å². The van der Waals surface area contributed by atoms with Gasteiger partial charge in [0.25, 0.3) is 5.89 Å². The van der Waals surface area contributed by atoms with Crippen LogP contribution in [0.25, 0.3) is 22.2 Å². The summed E-state index contributed by atoms with van der Waals surface area (Å²) in [6, 6.07) is 21.5. The van der Waals surface area contributed by atoms with Crippen molar-refractivity contribution >= 4 is 22.9 Å². The topological polar surface area (TPSA) is 68.0 Å². The molecule has 2 heterocycles. The van der Waals surface area contributed by atoms with E-state index in [4.69, 9.17) is 4.52 Å². The summed E-state index contributed by atoms with van der Waals surface area (Å²) in [5.41, 5.74) is 2.01. The summed E-state index contributed by atoms with van der Waals surface area (Å²) >= 11 is 1.62. The number of hydrogen-bond donors (Lipinski definition) is 1. The highest BCUT2D eigenvalue weighted by atomic mass is 32.1. The highest BCUT2D eigenvalue weighted by Gasteiger charge is 2.51. The highest BCUT2D eigenvalue weighted by Crippen LogP contribution is 2.49. The van der Waals surface area contributed by atoms with Gasteiger partial charge in [-0.3, -0.25) is 4.79 Å². The molecule has 0 unspecified atom stereocenters. The van der Waals surface area contributed by atoms with Crippen molar-refractivity contribution < 1.29 is 9.32 Å².